The van der Waals surface area contributed by atoms with Gasteiger partial charge in [-0.2, -0.15) is 0 Å². The molecule has 0 aliphatic heterocycles. The number of nitrogens with two attached hydrogens (primary N) is 1. The Morgan fingerprint density at radius 1 is 1.65 bits per heavy atom. The highest BCUT2D eigenvalue weighted by molar-refractivity contribution is 7.09. The maximum Gasteiger partial charge on any atom is 0.313 e. The van der Waals surface area contributed by atoms with Crippen LogP contribution in [-0.4, -0.2) is 12.0 Å². The van der Waals surface area contributed by atoms with Crippen LogP contribution in [0.3, 0.4) is 0 Å². The molecule has 0 spiro atoms. The average molecular weight is 253 g/mol. The summed E-state index contributed by atoms with van der Waals surface area (Å²) in [5.41, 5.74) is 5.57. The molecule has 0 radical (unpaired) electrons. The molecule has 94 valence electrons. The molecule has 4 heteroatoms. The SMILES string of the molecule is CC1(C(=O)OCc2cccs2)CCCCC1N. The van der Waals surface area contributed by atoms with Crippen LogP contribution in [0.5, 0.6) is 0 Å². The summed E-state index contributed by atoms with van der Waals surface area (Å²) >= 11 is 1.60. The van der Waals surface area contributed by atoms with Crippen LogP contribution in [0.2, 0.25) is 0 Å². The predicted molar refractivity (Wildman–Crippen MR) is 68.7 cm³/mol. The molecule has 1 aliphatic carbocycles. The number of hydrogen-bond acceptors (Lipinski definition) is 4. The van der Waals surface area contributed by atoms with Crippen molar-refractivity contribution < 1.29 is 9.53 Å². The minimum atomic E-state index is -0.491. The van der Waals surface area contributed by atoms with Gasteiger partial charge in [0.05, 0.1) is 5.41 Å². The summed E-state index contributed by atoms with van der Waals surface area (Å²) in [7, 11) is 0. The Hall–Kier alpha value is -0.870. The molecule has 1 aliphatic rings. The van der Waals surface area contributed by atoms with Gasteiger partial charge < -0.3 is 10.5 Å². The molecule has 0 aromatic carbocycles. The molecule has 1 fully saturated rings. The summed E-state index contributed by atoms with van der Waals surface area (Å²) in [6.45, 7) is 2.31. The van der Waals surface area contributed by atoms with Crippen LogP contribution in [0.1, 0.15) is 37.5 Å². The van der Waals surface area contributed by atoms with E-state index in [1.807, 2.05) is 24.4 Å². The molecule has 17 heavy (non-hydrogen) atoms. The monoisotopic (exact) mass is 253 g/mol. The Morgan fingerprint density at radius 2 is 2.47 bits per heavy atom. The molecule has 0 saturated heterocycles. The van der Waals surface area contributed by atoms with Crippen LogP contribution < -0.4 is 5.73 Å². The Morgan fingerprint density at radius 3 is 3.12 bits per heavy atom. The number of esters is 1. The summed E-state index contributed by atoms with van der Waals surface area (Å²) in [5, 5.41) is 1.98. The Bertz CT molecular complexity index is 377. The fraction of sp³-hybridized carbons (Fsp3) is 0.615. The van der Waals surface area contributed by atoms with E-state index >= 15 is 0 Å². The van der Waals surface area contributed by atoms with E-state index < -0.39 is 5.41 Å². The third-order valence-corrected chi connectivity index (χ3v) is 4.52. The van der Waals surface area contributed by atoms with Crippen molar-refractivity contribution in [2.75, 3.05) is 0 Å². The van der Waals surface area contributed by atoms with Crippen LogP contribution in [0.25, 0.3) is 0 Å². The molecule has 0 amide bonds. The molecule has 1 aromatic rings. The van der Waals surface area contributed by atoms with Gasteiger partial charge in [0.15, 0.2) is 0 Å². The molecule has 2 N–H and O–H groups in total. The summed E-state index contributed by atoms with van der Waals surface area (Å²) < 4.78 is 5.39. The highest BCUT2D eigenvalue weighted by atomic mass is 32.1. The number of thiophene rings is 1. The maximum absolute atomic E-state index is 12.1. The first-order valence-electron chi connectivity index (χ1n) is 6.08. The van der Waals surface area contributed by atoms with Gasteiger partial charge in [-0.25, -0.2) is 0 Å². The standard InChI is InChI=1S/C13H19NO2S/c1-13(7-3-2-6-11(13)14)12(15)16-9-10-5-4-8-17-10/h4-5,8,11H,2-3,6-7,9,14H2,1H3. The van der Waals surface area contributed by atoms with E-state index in [0.29, 0.717) is 6.61 Å². The van der Waals surface area contributed by atoms with Crippen molar-refractivity contribution in [3.63, 3.8) is 0 Å². The molecule has 1 heterocycles. The summed E-state index contributed by atoms with van der Waals surface area (Å²) in [6, 6.07) is 3.87. The van der Waals surface area contributed by atoms with Crippen LogP contribution in [0, 0.1) is 5.41 Å². The molecule has 2 rings (SSSR count). The maximum atomic E-state index is 12.1. The number of rotatable bonds is 3. The minimum absolute atomic E-state index is 0.0629. The highest BCUT2D eigenvalue weighted by Crippen LogP contribution is 2.36. The average Bonchev–Trinajstić information content (AvgIpc) is 2.83. The lowest BCUT2D eigenvalue weighted by atomic mass is 9.72. The zero-order chi connectivity index (χ0) is 12.3. The van der Waals surface area contributed by atoms with E-state index in [9.17, 15) is 4.79 Å². The van der Waals surface area contributed by atoms with Crippen LogP contribution in [-0.2, 0) is 16.1 Å². The largest absolute Gasteiger partial charge is 0.460 e. The molecule has 2 atom stereocenters. The first-order valence-corrected chi connectivity index (χ1v) is 6.96. The van der Waals surface area contributed by atoms with Crippen molar-refractivity contribution in [1.29, 1.82) is 0 Å². The van der Waals surface area contributed by atoms with Crippen molar-refractivity contribution >= 4 is 17.3 Å². The van der Waals surface area contributed by atoms with Crippen molar-refractivity contribution in [3.8, 4) is 0 Å². The second kappa shape index (κ2) is 5.19. The molecular formula is C13H19NO2S. The van der Waals surface area contributed by atoms with Gasteiger partial charge in [-0.15, -0.1) is 11.3 Å². The van der Waals surface area contributed by atoms with Gasteiger partial charge in [0.2, 0.25) is 0 Å². The zero-order valence-corrected chi connectivity index (χ0v) is 11.0. The van der Waals surface area contributed by atoms with Crippen molar-refractivity contribution in [3.05, 3.63) is 22.4 Å². The second-order valence-electron chi connectivity index (χ2n) is 4.93. The lowest BCUT2D eigenvalue weighted by Gasteiger charge is -2.36. The van der Waals surface area contributed by atoms with Gasteiger partial charge >= 0.3 is 5.97 Å². The lowest BCUT2D eigenvalue weighted by molar-refractivity contribution is -0.159. The van der Waals surface area contributed by atoms with E-state index in [1.54, 1.807) is 11.3 Å². The Labute approximate surface area is 106 Å². The van der Waals surface area contributed by atoms with E-state index in [2.05, 4.69) is 0 Å². The fourth-order valence-corrected chi connectivity index (χ4v) is 2.93. The van der Waals surface area contributed by atoms with Gasteiger partial charge in [0, 0.05) is 10.9 Å². The first kappa shape index (κ1) is 12.6. The van der Waals surface area contributed by atoms with Gasteiger partial charge in [-0.05, 0) is 31.2 Å². The lowest BCUT2D eigenvalue weighted by Crippen LogP contribution is -2.48. The molecule has 2 unspecified atom stereocenters. The van der Waals surface area contributed by atoms with Crippen LogP contribution in [0.15, 0.2) is 17.5 Å². The van der Waals surface area contributed by atoms with Crippen LogP contribution in [0.4, 0.5) is 0 Å². The predicted octanol–water partition coefficient (Wildman–Crippen LogP) is 2.70. The topological polar surface area (TPSA) is 52.3 Å². The Kier molecular flexibility index (Phi) is 3.84. The van der Waals surface area contributed by atoms with Crippen molar-refractivity contribution in [1.82, 2.24) is 0 Å². The van der Waals surface area contributed by atoms with Gasteiger partial charge in [-0.3, -0.25) is 4.79 Å². The molecule has 1 saturated carbocycles. The number of hydrogen-bond donors (Lipinski definition) is 1. The summed E-state index contributed by atoms with van der Waals surface area (Å²) in [5.74, 6) is -0.141. The molecular weight excluding hydrogens is 234 g/mol. The zero-order valence-electron chi connectivity index (χ0n) is 10.1. The van der Waals surface area contributed by atoms with Crippen molar-refractivity contribution in [2.45, 2.75) is 45.3 Å². The third-order valence-electron chi connectivity index (χ3n) is 3.67. The summed E-state index contributed by atoms with van der Waals surface area (Å²) in [4.78, 5) is 13.2. The van der Waals surface area contributed by atoms with E-state index in [-0.39, 0.29) is 12.0 Å². The fourth-order valence-electron chi connectivity index (χ4n) is 2.31. The van der Waals surface area contributed by atoms with Crippen molar-refractivity contribution in [2.24, 2.45) is 11.1 Å². The Balaban J connectivity index is 1.94. The normalized spacial score (nSPS) is 28.9. The molecule has 0 bridgehead atoms. The number of carbonyl (C=O) groups is 1. The van der Waals surface area contributed by atoms with Gasteiger partial charge in [-0.1, -0.05) is 18.9 Å². The quantitative estimate of drug-likeness (QED) is 0.843. The molecule has 1 aromatic heterocycles. The summed E-state index contributed by atoms with van der Waals surface area (Å²) in [6.07, 6.45) is 3.95. The van der Waals surface area contributed by atoms with E-state index in [4.69, 9.17) is 10.5 Å². The minimum Gasteiger partial charge on any atom is -0.460 e. The number of ether oxygens (including phenoxy) is 1. The smallest absolute Gasteiger partial charge is 0.313 e. The van der Waals surface area contributed by atoms with E-state index in [1.165, 1.54) is 0 Å². The highest BCUT2D eigenvalue weighted by Gasteiger charge is 2.42. The molecule has 3 nitrogen and oxygen atoms in total. The number of carbonyl (C=O) groups excluding carboxylic acids is 1. The first-order chi connectivity index (χ1) is 8.13. The van der Waals surface area contributed by atoms with Crippen LogP contribution >= 0.6 is 11.3 Å². The third kappa shape index (κ3) is 2.69. The van der Waals surface area contributed by atoms with Gasteiger partial charge in [0.1, 0.15) is 6.61 Å². The van der Waals surface area contributed by atoms with Gasteiger partial charge in [0.25, 0.3) is 0 Å². The second-order valence-corrected chi connectivity index (χ2v) is 5.96. The van der Waals surface area contributed by atoms with E-state index in [0.717, 1.165) is 30.6 Å².